The summed E-state index contributed by atoms with van der Waals surface area (Å²) in [7, 11) is 1.00. The number of fused-ring (bicyclic) bond motifs is 1. The molecular formula is C32H49N3O4. The van der Waals surface area contributed by atoms with E-state index in [4.69, 9.17) is 20.4 Å². The smallest absolute Gasteiger partial charge is 0.274 e. The van der Waals surface area contributed by atoms with Crippen molar-refractivity contribution in [1.82, 2.24) is 10.4 Å². The molecule has 7 nitrogen and oxygen atoms in total. The molecule has 2 heterocycles. The second-order valence-electron chi connectivity index (χ2n) is 10.3. The van der Waals surface area contributed by atoms with Crippen molar-refractivity contribution in [3.8, 4) is 0 Å². The van der Waals surface area contributed by atoms with Crippen molar-refractivity contribution in [2.24, 2.45) is 17.6 Å². The van der Waals surface area contributed by atoms with E-state index in [1.165, 1.54) is 22.0 Å². The number of ether oxygens (including phenoxy) is 1. The normalized spacial score (nSPS) is 21.4. The van der Waals surface area contributed by atoms with E-state index >= 15 is 0 Å². The van der Waals surface area contributed by atoms with Crippen LogP contribution in [0.15, 0.2) is 78.0 Å². The summed E-state index contributed by atoms with van der Waals surface area (Å²) in [5.41, 5.74) is 11.5. The van der Waals surface area contributed by atoms with Gasteiger partial charge in [-0.25, -0.2) is 10.3 Å². The first-order valence-corrected chi connectivity index (χ1v) is 14.1. The lowest BCUT2D eigenvalue weighted by Gasteiger charge is -2.34. The monoisotopic (exact) mass is 539 g/mol. The lowest BCUT2D eigenvalue weighted by atomic mass is 9.96. The topological polar surface area (TPSA) is 97.1 Å². The fraction of sp³-hybridized carbons (Fsp3) is 0.469. The summed E-state index contributed by atoms with van der Waals surface area (Å²) >= 11 is 0. The van der Waals surface area contributed by atoms with E-state index in [1.54, 1.807) is 0 Å². The van der Waals surface area contributed by atoms with Gasteiger partial charge in [0.05, 0.1) is 0 Å². The molecule has 7 heteroatoms. The van der Waals surface area contributed by atoms with Crippen LogP contribution in [-0.4, -0.2) is 55.6 Å². The number of aryl methyl sites for hydroxylation is 1. The third-order valence-corrected chi connectivity index (χ3v) is 7.21. The Balaban J connectivity index is 0.000000470. The number of hydrogen-bond donors (Lipinski definition) is 3. The summed E-state index contributed by atoms with van der Waals surface area (Å²) in [5, 5.41) is 9.64. The second-order valence-corrected chi connectivity index (χ2v) is 10.3. The molecule has 2 saturated heterocycles. The maximum atomic E-state index is 12.4. The molecular weight excluding hydrogens is 490 g/mol. The van der Waals surface area contributed by atoms with Crippen molar-refractivity contribution in [1.29, 1.82) is 0 Å². The Hall–Kier alpha value is -2.97. The first-order chi connectivity index (χ1) is 19.0. The molecule has 2 aromatic carbocycles. The fourth-order valence-corrected chi connectivity index (χ4v) is 4.97. The van der Waals surface area contributed by atoms with Crippen LogP contribution in [0.2, 0.25) is 0 Å². The van der Waals surface area contributed by atoms with E-state index in [9.17, 15) is 4.79 Å². The van der Waals surface area contributed by atoms with Crippen LogP contribution in [0, 0.1) is 18.8 Å². The number of hydroxylamine groups is 1. The number of likely N-dealkylation sites (tertiary alicyclic amines) is 1. The molecule has 0 bridgehead atoms. The molecule has 2 unspecified atom stereocenters. The quantitative estimate of drug-likeness (QED) is 0.435. The summed E-state index contributed by atoms with van der Waals surface area (Å²) in [6.07, 6.45) is 13.0. The number of benzene rings is 2. The van der Waals surface area contributed by atoms with Crippen LogP contribution >= 0.6 is 0 Å². The van der Waals surface area contributed by atoms with Gasteiger partial charge >= 0.3 is 0 Å². The average Bonchev–Trinajstić information content (AvgIpc) is 3.19. The Morgan fingerprint density at radius 1 is 1.08 bits per heavy atom. The number of allylic oxidation sites excluding steroid dienone is 3. The zero-order valence-corrected chi connectivity index (χ0v) is 23.6. The lowest BCUT2D eigenvalue weighted by molar-refractivity contribution is -0.198. The Labute approximate surface area is 236 Å². The maximum Gasteiger partial charge on any atom is 0.274 e. The minimum Gasteiger partial charge on any atom is -0.400 e. The molecule has 2 aliphatic heterocycles. The van der Waals surface area contributed by atoms with Crippen LogP contribution in [0.4, 0.5) is 0 Å². The van der Waals surface area contributed by atoms with Crippen LogP contribution in [0.1, 0.15) is 47.4 Å². The SMILES string of the molecule is CC1C=C(C(=O)NOC2CCCCO2)C=CC(N2CCC(CN)CC2)=C1.CO.Cc1ccc2ccccc2c1.[HH].[HH]. The van der Waals surface area contributed by atoms with E-state index in [-0.39, 0.29) is 21.0 Å². The maximum absolute atomic E-state index is 12.4. The van der Waals surface area contributed by atoms with Gasteiger partial charge in [-0.3, -0.25) is 4.79 Å². The van der Waals surface area contributed by atoms with Gasteiger partial charge in [0.25, 0.3) is 5.91 Å². The number of hydrogen-bond acceptors (Lipinski definition) is 6. The van der Waals surface area contributed by atoms with Crippen molar-refractivity contribution in [3.63, 3.8) is 0 Å². The number of amides is 1. The lowest BCUT2D eigenvalue weighted by Crippen LogP contribution is -2.35. The molecule has 5 rings (SSSR count). The van der Waals surface area contributed by atoms with Crippen molar-refractivity contribution in [2.45, 2.75) is 52.2 Å². The molecule has 0 saturated carbocycles. The fourth-order valence-electron chi connectivity index (χ4n) is 4.97. The number of piperidine rings is 1. The molecule has 2 aromatic rings. The predicted molar refractivity (Wildman–Crippen MR) is 162 cm³/mol. The number of nitrogens with one attached hydrogen (secondary N) is 1. The van der Waals surface area contributed by atoms with E-state index < -0.39 is 0 Å². The number of nitrogens with two attached hydrogens (primary N) is 1. The van der Waals surface area contributed by atoms with E-state index in [1.807, 2.05) is 18.2 Å². The van der Waals surface area contributed by atoms with Gasteiger partial charge in [0.2, 0.25) is 0 Å². The van der Waals surface area contributed by atoms with Crippen LogP contribution in [0.5, 0.6) is 0 Å². The molecule has 1 aliphatic carbocycles. The summed E-state index contributed by atoms with van der Waals surface area (Å²) in [5.74, 6) is 0.593. The molecule has 216 valence electrons. The van der Waals surface area contributed by atoms with Crippen molar-refractivity contribution in [2.75, 3.05) is 33.4 Å². The van der Waals surface area contributed by atoms with Crippen LogP contribution in [0.3, 0.4) is 0 Å². The molecule has 1 amide bonds. The minimum atomic E-state index is -0.335. The number of aliphatic hydroxyl groups excluding tert-OH is 1. The van der Waals surface area contributed by atoms with Gasteiger partial charge in [0, 0.05) is 47.4 Å². The summed E-state index contributed by atoms with van der Waals surface area (Å²) < 4.78 is 5.48. The number of nitrogens with zero attached hydrogens (tertiary/aromatic N) is 1. The molecule has 0 spiro atoms. The predicted octanol–water partition coefficient (Wildman–Crippen LogP) is 5.50. The van der Waals surface area contributed by atoms with Gasteiger partial charge in [-0.2, -0.15) is 0 Å². The standard InChI is InChI=1S/C20H31N3O3.C11H10.CH4O.2H2/c1-15-12-17(20(24)22-26-19-4-2-3-11-25-19)5-6-18(13-15)23-9-7-16(14-21)8-10-23;1-9-6-7-10-4-2-3-5-11(10)8-9;1-2;;/h5-6,12-13,15-16,19H,2-4,7-11,14,21H2,1H3,(H,22,24);2-8H,1H3;2H,1H3;2*1H. The van der Waals surface area contributed by atoms with Gasteiger partial charge in [0.15, 0.2) is 6.29 Å². The highest BCUT2D eigenvalue weighted by atomic mass is 16.8. The Kier molecular flexibility index (Phi) is 12.7. The zero-order valence-electron chi connectivity index (χ0n) is 23.6. The Morgan fingerprint density at radius 2 is 1.82 bits per heavy atom. The van der Waals surface area contributed by atoms with Crippen molar-refractivity contribution >= 4 is 16.7 Å². The summed E-state index contributed by atoms with van der Waals surface area (Å²) in [6.45, 7) is 7.72. The van der Waals surface area contributed by atoms with Gasteiger partial charge in [-0.15, -0.1) is 0 Å². The molecule has 3 aliphatic rings. The van der Waals surface area contributed by atoms with Gasteiger partial charge < -0.3 is 20.5 Å². The largest absolute Gasteiger partial charge is 0.400 e. The Morgan fingerprint density at radius 3 is 2.51 bits per heavy atom. The zero-order chi connectivity index (χ0) is 28.0. The molecule has 4 N–H and O–H groups in total. The van der Waals surface area contributed by atoms with Crippen LogP contribution < -0.4 is 11.2 Å². The number of rotatable bonds is 5. The van der Waals surface area contributed by atoms with E-state index in [0.29, 0.717) is 18.1 Å². The summed E-state index contributed by atoms with van der Waals surface area (Å²) in [6, 6.07) is 14.9. The van der Waals surface area contributed by atoms with E-state index in [2.05, 4.69) is 72.8 Å². The van der Waals surface area contributed by atoms with Gasteiger partial charge in [0.1, 0.15) is 0 Å². The second kappa shape index (κ2) is 16.2. The Bertz CT molecular complexity index is 1140. The molecule has 0 radical (unpaired) electrons. The number of aliphatic hydroxyl groups is 1. The van der Waals surface area contributed by atoms with Crippen molar-refractivity contribution < 1.29 is 22.3 Å². The number of carbonyl (C=O) groups excluding carboxylic acids is 1. The van der Waals surface area contributed by atoms with Gasteiger partial charge in [-0.05, 0) is 73.9 Å². The average molecular weight is 540 g/mol. The highest BCUT2D eigenvalue weighted by Crippen LogP contribution is 2.24. The summed E-state index contributed by atoms with van der Waals surface area (Å²) in [4.78, 5) is 20.2. The molecule has 0 aromatic heterocycles. The highest BCUT2D eigenvalue weighted by molar-refractivity contribution is 5.95. The van der Waals surface area contributed by atoms with Gasteiger partial charge in [-0.1, -0.05) is 67.1 Å². The third kappa shape index (κ3) is 9.62. The first kappa shape index (κ1) is 30.6. The van der Waals surface area contributed by atoms with Crippen molar-refractivity contribution in [3.05, 3.63) is 83.6 Å². The number of carbonyl (C=O) groups is 1. The first-order valence-electron chi connectivity index (χ1n) is 14.1. The molecule has 2 atom stereocenters. The van der Waals surface area contributed by atoms with Crippen LogP contribution in [-0.2, 0) is 14.4 Å². The van der Waals surface area contributed by atoms with E-state index in [0.717, 1.165) is 58.8 Å². The molecule has 2 fully saturated rings. The minimum absolute atomic E-state index is 0. The third-order valence-electron chi connectivity index (χ3n) is 7.21. The molecule has 39 heavy (non-hydrogen) atoms. The highest BCUT2D eigenvalue weighted by Gasteiger charge is 2.21. The van der Waals surface area contributed by atoms with Crippen LogP contribution in [0.25, 0.3) is 10.8 Å².